The lowest BCUT2D eigenvalue weighted by Crippen LogP contribution is -2.48. The van der Waals surface area contributed by atoms with E-state index in [1.807, 2.05) is 36.5 Å². The normalized spacial score (nSPS) is 20.6. The van der Waals surface area contributed by atoms with Gasteiger partial charge in [-0.2, -0.15) is 5.10 Å². The third-order valence-corrected chi connectivity index (χ3v) is 6.33. The number of carbonyl (C=O) groups is 1. The molecule has 7 heteroatoms. The molecule has 1 aliphatic heterocycles. The molecular weight excluding hydrogens is 397 g/mol. The molecule has 1 aromatic heterocycles. The molecule has 2 atom stereocenters. The van der Waals surface area contributed by atoms with Gasteiger partial charge < -0.3 is 9.84 Å². The molecule has 1 saturated carbocycles. The average molecular weight is 421 g/mol. The molecule has 6 nitrogen and oxygen atoms in total. The van der Waals surface area contributed by atoms with Gasteiger partial charge in [-0.1, -0.05) is 12.1 Å². The Labute approximate surface area is 179 Å². The van der Waals surface area contributed by atoms with Crippen molar-refractivity contribution < 1.29 is 19.0 Å². The Hall–Kier alpha value is -3.19. The molecule has 0 radical (unpaired) electrons. The Morgan fingerprint density at radius 3 is 2.87 bits per heavy atom. The summed E-state index contributed by atoms with van der Waals surface area (Å²) >= 11 is 0. The zero-order valence-electron chi connectivity index (χ0n) is 17.3. The highest BCUT2D eigenvalue weighted by molar-refractivity contribution is 5.98. The zero-order chi connectivity index (χ0) is 21.5. The summed E-state index contributed by atoms with van der Waals surface area (Å²) in [5.74, 6) is -0.756. The van der Waals surface area contributed by atoms with Crippen LogP contribution in [0.2, 0.25) is 0 Å². The number of benzene rings is 2. The average Bonchev–Trinajstić information content (AvgIpc) is 3.45. The number of aromatic nitrogens is 2. The molecule has 160 valence electrons. The molecule has 1 fully saturated rings. The number of aliphatic hydroxyl groups is 1. The van der Waals surface area contributed by atoms with E-state index < -0.39 is 11.9 Å². The van der Waals surface area contributed by atoms with E-state index in [9.17, 15) is 9.90 Å². The van der Waals surface area contributed by atoms with E-state index in [0.29, 0.717) is 18.4 Å². The molecule has 0 unspecified atom stereocenters. The second-order valence-corrected chi connectivity index (χ2v) is 8.26. The van der Waals surface area contributed by atoms with Crippen LogP contribution in [0.1, 0.15) is 46.3 Å². The monoisotopic (exact) mass is 421 g/mol. The maximum absolute atomic E-state index is 15.1. The Bertz CT molecular complexity index is 1130. The molecule has 0 saturated heterocycles. The first-order valence-corrected chi connectivity index (χ1v) is 10.6. The predicted molar refractivity (Wildman–Crippen MR) is 113 cm³/mol. The zero-order valence-corrected chi connectivity index (χ0v) is 17.3. The lowest BCUT2D eigenvalue weighted by Gasteiger charge is -2.35. The molecule has 1 aliphatic carbocycles. The largest absolute Gasteiger partial charge is 0.469 e. The van der Waals surface area contributed by atoms with Crippen molar-refractivity contribution in [1.29, 1.82) is 0 Å². The SMILES string of the molecule is Cc1c(Cc2cccc(-n3cccn3)c2)cc2c(c1F)OCN([C@H]1CCC[C@@H]1O)C2=O. The first-order chi connectivity index (χ1) is 15.0. The van der Waals surface area contributed by atoms with Gasteiger partial charge in [-0.25, -0.2) is 9.07 Å². The van der Waals surface area contributed by atoms with Crippen LogP contribution in [0.5, 0.6) is 5.75 Å². The number of rotatable bonds is 4. The number of fused-ring (bicyclic) bond motifs is 1. The van der Waals surface area contributed by atoms with Crippen LogP contribution in [0.15, 0.2) is 48.8 Å². The quantitative estimate of drug-likeness (QED) is 0.699. The Morgan fingerprint density at radius 1 is 1.26 bits per heavy atom. The van der Waals surface area contributed by atoms with Gasteiger partial charge >= 0.3 is 0 Å². The van der Waals surface area contributed by atoms with Crippen LogP contribution in [-0.2, 0) is 6.42 Å². The van der Waals surface area contributed by atoms with E-state index in [-0.39, 0.29) is 30.0 Å². The molecule has 3 aromatic rings. The van der Waals surface area contributed by atoms with Gasteiger partial charge in [-0.15, -0.1) is 0 Å². The summed E-state index contributed by atoms with van der Waals surface area (Å²) in [7, 11) is 0. The number of hydrogen-bond donors (Lipinski definition) is 1. The van der Waals surface area contributed by atoms with Crippen molar-refractivity contribution in [2.75, 3.05) is 6.73 Å². The molecular formula is C24H24FN3O3. The van der Waals surface area contributed by atoms with Crippen molar-refractivity contribution in [3.8, 4) is 11.4 Å². The second-order valence-electron chi connectivity index (χ2n) is 8.26. The van der Waals surface area contributed by atoms with E-state index in [2.05, 4.69) is 5.10 Å². The lowest BCUT2D eigenvalue weighted by atomic mass is 9.95. The van der Waals surface area contributed by atoms with Crippen molar-refractivity contribution >= 4 is 5.91 Å². The minimum atomic E-state index is -0.561. The fourth-order valence-corrected chi connectivity index (χ4v) is 4.59. The first kappa shape index (κ1) is 19.8. The molecule has 2 aromatic carbocycles. The number of ether oxygens (including phenoxy) is 1. The maximum Gasteiger partial charge on any atom is 0.260 e. The van der Waals surface area contributed by atoms with Gasteiger partial charge in [0.25, 0.3) is 5.91 Å². The summed E-state index contributed by atoms with van der Waals surface area (Å²) in [6, 6.07) is 11.2. The Morgan fingerprint density at radius 2 is 2.13 bits per heavy atom. The van der Waals surface area contributed by atoms with E-state index in [1.165, 1.54) is 4.90 Å². The minimum absolute atomic E-state index is 0.0141. The van der Waals surface area contributed by atoms with Gasteiger partial charge in [-0.3, -0.25) is 9.69 Å². The van der Waals surface area contributed by atoms with Crippen LogP contribution in [0.4, 0.5) is 4.39 Å². The van der Waals surface area contributed by atoms with Crippen LogP contribution < -0.4 is 4.74 Å². The molecule has 1 amide bonds. The van der Waals surface area contributed by atoms with Crippen molar-refractivity contribution in [2.45, 2.75) is 44.8 Å². The number of aliphatic hydroxyl groups excluding tert-OH is 1. The van der Waals surface area contributed by atoms with Crippen LogP contribution in [0, 0.1) is 12.7 Å². The number of nitrogens with zero attached hydrogens (tertiary/aromatic N) is 3. The molecule has 2 aliphatic rings. The van der Waals surface area contributed by atoms with Crippen molar-refractivity contribution in [3.63, 3.8) is 0 Å². The van der Waals surface area contributed by atoms with E-state index in [1.54, 1.807) is 23.9 Å². The highest BCUT2D eigenvalue weighted by Crippen LogP contribution is 2.36. The third-order valence-electron chi connectivity index (χ3n) is 6.33. The molecule has 31 heavy (non-hydrogen) atoms. The highest BCUT2D eigenvalue weighted by atomic mass is 19.1. The Kier molecular flexibility index (Phi) is 4.98. The van der Waals surface area contributed by atoms with Gasteiger partial charge in [0.05, 0.1) is 23.4 Å². The number of amides is 1. The summed E-state index contributed by atoms with van der Waals surface area (Å²) in [5, 5.41) is 14.5. The summed E-state index contributed by atoms with van der Waals surface area (Å²) in [5.41, 5.74) is 3.35. The van der Waals surface area contributed by atoms with Crippen molar-refractivity contribution in [1.82, 2.24) is 14.7 Å². The van der Waals surface area contributed by atoms with E-state index in [0.717, 1.165) is 29.7 Å². The summed E-state index contributed by atoms with van der Waals surface area (Å²) < 4.78 is 22.6. The molecule has 2 heterocycles. The predicted octanol–water partition coefficient (Wildman–Crippen LogP) is 3.62. The first-order valence-electron chi connectivity index (χ1n) is 10.6. The molecule has 0 bridgehead atoms. The van der Waals surface area contributed by atoms with Crippen LogP contribution in [0.3, 0.4) is 0 Å². The smallest absolute Gasteiger partial charge is 0.260 e. The Balaban J connectivity index is 1.48. The van der Waals surface area contributed by atoms with Gasteiger partial charge in [0, 0.05) is 12.4 Å². The van der Waals surface area contributed by atoms with Gasteiger partial charge in [-0.05, 0) is 73.6 Å². The van der Waals surface area contributed by atoms with Crippen molar-refractivity contribution in [3.05, 3.63) is 76.9 Å². The standard InChI is InChI=1S/C24H24FN3O3/c1-15-17(11-16-5-2-6-18(12-16)28-10-4-9-26-28)13-19-23(22(15)25)31-14-27(24(19)30)20-7-3-8-21(20)29/h2,4-6,9-10,12-13,20-21,29H,3,7-8,11,14H2,1H3/t20-,21-/m0/s1. The maximum atomic E-state index is 15.1. The highest BCUT2D eigenvalue weighted by Gasteiger charge is 2.39. The summed E-state index contributed by atoms with van der Waals surface area (Å²) in [4.78, 5) is 14.7. The number of carbonyl (C=O) groups excluding carboxylic acids is 1. The lowest BCUT2D eigenvalue weighted by molar-refractivity contribution is 0.0115. The van der Waals surface area contributed by atoms with Crippen LogP contribution >= 0.6 is 0 Å². The van der Waals surface area contributed by atoms with Gasteiger partial charge in [0.1, 0.15) is 0 Å². The van der Waals surface area contributed by atoms with Crippen molar-refractivity contribution in [2.24, 2.45) is 0 Å². The van der Waals surface area contributed by atoms with E-state index >= 15 is 4.39 Å². The summed E-state index contributed by atoms with van der Waals surface area (Å²) in [6.07, 6.45) is 5.76. The molecule has 0 spiro atoms. The summed E-state index contributed by atoms with van der Waals surface area (Å²) in [6.45, 7) is 1.68. The third kappa shape index (κ3) is 3.49. The fourth-order valence-electron chi connectivity index (χ4n) is 4.59. The molecule has 5 rings (SSSR count). The second kappa shape index (κ2) is 7.81. The molecule has 1 N–H and O–H groups in total. The number of halogens is 1. The van der Waals surface area contributed by atoms with E-state index in [4.69, 9.17) is 4.74 Å². The van der Waals surface area contributed by atoms with Gasteiger partial charge in [0.15, 0.2) is 18.3 Å². The topological polar surface area (TPSA) is 67.6 Å². The van der Waals surface area contributed by atoms with Crippen LogP contribution in [0.25, 0.3) is 5.69 Å². The van der Waals surface area contributed by atoms with Crippen LogP contribution in [-0.4, -0.2) is 44.6 Å². The van der Waals surface area contributed by atoms with Gasteiger partial charge in [0.2, 0.25) is 0 Å². The fraction of sp³-hybridized carbons (Fsp3) is 0.333. The minimum Gasteiger partial charge on any atom is -0.469 e. The number of hydrogen-bond acceptors (Lipinski definition) is 4.